The molecule has 0 unspecified atom stereocenters. The van der Waals surface area contributed by atoms with Crippen LogP contribution in [0, 0.1) is 6.92 Å². The number of esters is 1. The molecule has 0 saturated heterocycles. The number of rotatable bonds is 4. The molecule has 1 aromatic carbocycles. The average Bonchev–Trinajstić information content (AvgIpc) is 2.90. The fourth-order valence-corrected chi connectivity index (χ4v) is 1.83. The highest BCUT2D eigenvalue weighted by Gasteiger charge is 2.12. The highest BCUT2D eigenvalue weighted by Crippen LogP contribution is 2.19. The summed E-state index contributed by atoms with van der Waals surface area (Å²) >= 11 is 0. The van der Waals surface area contributed by atoms with Gasteiger partial charge in [-0.1, -0.05) is 18.7 Å². The summed E-state index contributed by atoms with van der Waals surface area (Å²) in [6, 6.07) is 9.49. The first kappa shape index (κ1) is 12.2. The first-order chi connectivity index (χ1) is 8.74. The van der Waals surface area contributed by atoms with E-state index in [9.17, 15) is 4.79 Å². The van der Waals surface area contributed by atoms with Crippen LogP contribution in [0.5, 0.6) is 0 Å². The van der Waals surface area contributed by atoms with Crippen molar-refractivity contribution in [3.05, 3.63) is 66.5 Å². The Labute approximate surface area is 106 Å². The van der Waals surface area contributed by atoms with Gasteiger partial charge in [0.25, 0.3) is 0 Å². The molecule has 0 amide bonds. The van der Waals surface area contributed by atoms with Gasteiger partial charge in [-0.25, -0.2) is 4.79 Å². The second-order valence-corrected chi connectivity index (χ2v) is 3.93. The van der Waals surface area contributed by atoms with E-state index < -0.39 is 0 Å². The SMILES string of the molecule is C=CCOC(=O)c1cccc(-n2cccc2)c1C. The Morgan fingerprint density at radius 3 is 2.72 bits per heavy atom. The van der Waals surface area contributed by atoms with Crippen molar-refractivity contribution in [1.29, 1.82) is 0 Å². The number of nitrogens with zero attached hydrogens (tertiary/aromatic N) is 1. The highest BCUT2D eigenvalue weighted by molar-refractivity contribution is 5.92. The molecule has 18 heavy (non-hydrogen) atoms. The molecule has 0 N–H and O–H groups in total. The third-order valence-electron chi connectivity index (χ3n) is 2.74. The van der Waals surface area contributed by atoms with Gasteiger partial charge in [0.1, 0.15) is 6.61 Å². The van der Waals surface area contributed by atoms with E-state index in [4.69, 9.17) is 4.74 Å². The zero-order chi connectivity index (χ0) is 13.0. The van der Waals surface area contributed by atoms with Crippen molar-refractivity contribution in [2.45, 2.75) is 6.92 Å². The van der Waals surface area contributed by atoms with Gasteiger partial charge < -0.3 is 9.30 Å². The molecule has 0 aliphatic heterocycles. The molecular formula is C15H15NO2. The molecule has 0 aliphatic carbocycles. The van der Waals surface area contributed by atoms with E-state index in [0.717, 1.165) is 11.3 Å². The predicted octanol–water partition coefficient (Wildman–Crippen LogP) is 3.13. The van der Waals surface area contributed by atoms with E-state index in [1.807, 2.05) is 48.1 Å². The standard InChI is InChI=1S/C15H15NO2/c1-3-11-18-15(17)13-7-6-8-14(12(13)2)16-9-4-5-10-16/h3-10H,1,11H2,2H3. The largest absolute Gasteiger partial charge is 0.458 e. The summed E-state index contributed by atoms with van der Waals surface area (Å²) in [5, 5.41) is 0. The maximum Gasteiger partial charge on any atom is 0.338 e. The minimum atomic E-state index is -0.318. The van der Waals surface area contributed by atoms with Crippen LogP contribution in [0.2, 0.25) is 0 Å². The van der Waals surface area contributed by atoms with E-state index >= 15 is 0 Å². The number of hydrogen-bond donors (Lipinski definition) is 0. The molecule has 1 heterocycles. The Hall–Kier alpha value is -2.29. The van der Waals surface area contributed by atoms with Crippen molar-refractivity contribution >= 4 is 5.97 Å². The van der Waals surface area contributed by atoms with E-state index in [0.29, 0.717) is 5.56 Å². The summed E-state index contributed by atoms with van der Waals surface area (Å²) in [4.78, 5) is 11.9. The Kier molecular flexibility index (Phi) is 3.63. The van der Waals surface area contributed by atoms with Gasteiger partial charge in [0.05, 0.1) is 5.56 Å². The third kappa shape index (κ3) is 2.35. The lowest BCUT2D eigenvalue weighted by Crippen LogP contribution is -2.08. The molecule has 92 valence electrons. The molecule has 2 rings (SSSR count). The van der Waals surface area contributed by atoms with Crippen LogP contribution in [0.4, 0.5) is 0 Å². The molecule has 0 spiro atoms. The zero-order valence-corrected chi connectivity index (χ0v) is 10.3. The quantitative estimate of drug-likeness (QED) is 0.608. The van der Waals surface area contributed by atoms with Crippen LogP contribution in [0.15, 0.2) is 55.4 Å². The van der Waals surface area contributed by atoms with E-state index in [2.05, 4.69) is 6.58 Å². The molecule has 0 aliphatic rings. The smallest absolute Gasteiger partial charge is 0.338 e. The van der Waals surface area contributed by atoms with Crippen LogP contribution in [0.1, 0.15) is 15.9 Å². The van der Waals surface area contributed by atoms with Gasteiger partial charge in [0.15, 0.2) is 0 Å². The Bertz CT molecular complexity index is 556. The van der Waals surface area contributed by atoms with Crippen molar-refractivity contribution in [1.82, 2.24) is 4.57 Å². The lowest BCUT2D eigenvalue weighted by Gasteiger charge is -2.11. The van der Waals surface area contributed by atoms with Gasteiger partial charge in [-0.05, 0) is 36.8 Å². The zero-order valence-electron chi connectivity index (χ0n) is 10.3. The molecule has 1 aromatic heterocycles. The summed E-state index contributed by atoms with van der Waals surface area (Å²) in [5.41, 5.74) is 2.47. The number of hydrogen-bond acceptors (Lipinski definition) is 2. The number of benzene rings is 1. The van der Waals surface area contributed by atoms with Crippen LogP contribution in [0.3, 0.4) is 0 Å². The van der Waals surface area contributed by atoms with Gasteiger partial charge in [-0.15, -0.1) is 0 Å². The second-order valence-electron chi connectivity index (χ2n) is 3.93. The molecule has 3 nitrogen and oxygen atoms in total. The number of carbonyl (C=O) groups is 1. The maximum atomic E-state index is 11.9. The minimum absolute atomic E-state index is 0.228. The van der Waals surface area contributed by atoms with Gasteiger partial charge in [-0.3, -0.25) is 0 Å². The number of ether oxygens (including phenoxy) is 1. The highest BCUT2D eigenvalue weighted by atomic mass is 16.5. The van der Waals surface area contributed by atoms with Gasteiger partial charge in [-0.2, -0.15) is 0 Å². The Balaban J connectivity index is 2.36. The summed E-state index contributed by atoms with van der Waals surface area (Å²) in [6.45, 7) is 5.67. The number of aromatic nitrogens is 1. The van der Waals surface area contributed by atoms with Crippen molar-refractivity contribution in [2.75, 3.05) is 6.61 Å². The molecule has 0 radical (unpaired) electrons. The first-order valence-corrected chi connectivity index (χ1v) is 5.75. The van der Waals surface area contributed by atoms with E-state index in [1.165, 1.54) is 0 Å². The van der Waals surface area contributed by atoms with Gasteiger partial charge in [0.2, 0.25) is 0 Å². The lowest BCUT2D eigenvalue weighted by molar-refractivity contribution is 0.0549. The summed E-state index contributed by atoms with van der Waals surface area (Å²) in [5.74, 6) is -0.318. The second kappa shape index (κ2) is 5.36. The van der Waals surface area contributed by atoms with Crippen LogP contribution in [-0.2, 0) is 4.74 Å². The summed E-state index contributed by atoms with van der Waals surface area (Å²) in [6.07, 6.45) is 5.45. The normalized spacial score (nSPS) is 10.1. The average molecular weight is 241 g/mol. The van der Waals surface area contributed by atoms with Crippen LogP contribution >= 0.6 is 0 Å². The number of carbonyl (C=O) groups excluding carboxylic acids is 1. The van der Waals surface area contributed by atoms with Crippen LogP contribution in [-0.4, -0.2) is 17.1 Å². The van der Waals surface area contributed by atoms with Gasteiger partial charge in [0, 0.05) is 18.1 Å². The molecular weight excluding hydrogens is 226 g/mol. The van der Waals surface area contributed by atoms with E-state index in [-0.39, 0.29) is 12.6 Å². The van der Waals surface area contributed by atoms with Crippen molar-refractivity contribution in [3.63, 3.8) is 0 Å². The topological polar surface area (TPSA) is 31.2 Å². The van der Waals surface area contributed by atoms with Crippen molar-refractivity contribution in [3.8, 4) is 5.69 Å². The molecule has 0 bridgehead atoms. The summed E-state index contributed by atoms with van der Waals surface area (Å²) in [7, 11) is 0. The lowest BCUT2D eigenvalue weighted by atomic mass is 10.1. The van der Waals surface area contributed by atoms with Gasteiger partial charge >= 0.3 is 5.97 Å². The molecule has 3 heteroatoms. The Morgan fingerprint density at radius 2 is 2.06 bits per heavy atom. The summed E-state index contributed by atoms with van der Waals surface area (Å²) < 4.78 is 7.04. The van der Waals surface area contributed by atoms with Crippen LogP contribution < -0.4 is 0 Å². The van der Waals surface area contributed by atoms with Crippen molar-refractivity contribution < 1.29 is 9.53 Å². The first-order valence-electron chi connectivity index (χ1n) is 5.75. The fourth-order valence-electron chi connectivity index (χ4n) is 1.83. The minimum Gasteiger partial charge on any atom is -0.458 e. The Morgan fingerprint density at radius 1 is 1.33 bits per heavy atom. The molecule has 2 aromatic rings. The molecule has 0 saturated carbocycles. The monoisotopic (exact) mass is 241 g/mol. The predicted molar refractivity (Wildman–Crippen MR) is 71.0 cm³/mol. The van der Waals surface area contributed by atoms with E-state index in [1.54, 1.807) is 12.1 Å². The molecule has 0 fully saturated rings. The molecule has 0 atom stereocenters. The van der Waals surface area contributed by atoms with Crippen LogP contribution in [0.25, 0.3) is 5.69 Å². The third-order valence-corrected chi connectivity index (χ3v) is 2.74. The maximum absolute atomic E-state index is 11.9. The van der Waals surface area contributed by atoms with Crippen molar-refractivity contribution in [2.24, 2.45) is 0 Å². The fraction of sp³-hybridized carbons (Fsp3) is 0.133.